The van der Waals surface area contributed by atoms with Gasteiger partial charge < -0.3 is 13.9 Å². The Hall–Kier alpha value is -3.64. The summed E-state index contributed by atoms with van der Waals surface area (Å²) in [6.07, 6.45) is 0. The molecule has 2 aromatic heterocycles. The van der Waals surface area contributed by atoms with Gasteiger partial charge in [0.05, 0.1) is 10.2 Å². The van der Waals surface area contributed by atoms with Crippen LogP contribution in [-0.2, 0) is 0 Å². The van der Waals surface area contributed by atoms with Crippen molar-refractivity contribution in [3.05, 3.63) is 89.3 Å². The maximum Gasteiger partial charge on any atom is 0.336 e. The average Bonchev–Trinajstić information content (AvgIpc) is 3.21. The molecule has 0 fully saturated rings. The van der Waals surface area contributed by atoms with E-state index in [4.69, 9.17) is 18.9 Å². The van der Waals surface area contributed by atoms with Gasteiger partial charge in [0.15, 0.2) is 0 Å². The summed E-state index contributed by atoms with van der Waals surface area (Å²) in [5.41, 5.74) is 2.16. The van der Waals surface area contributed by atoms with Crippen LogP contribution >= 0.6 is 11.3 Å². The molecule has 30 heavy (non-hydrogen) atoms. The highest BCUT2D eigenvalue weighted by atomic mass is 32.1. The van der Waals surface area contributed by atoms with Crippen molar-refractivity contribution in [3.8, 4) is 22.1 Å². The van der Waals surface area contributed by atoms with Crippen LogP contribution in [0.4, 0.5) is 0 Å². The first-order valence-electron chi connectivity index (χ1n) is 9.50. The van der Waals surface area contributed by atoms with Gasteiger partial charge in [-0.3, -0.25) is 0 Å². The number of rotatable bonds is 6. The molecule has 0 aliphatic rings. The van der Waals surface area contributed by atoms with Crippen LogP contribution in [0.25, 0.3) is 31.8 Å². The first-order valence-corrected chi connectivity index (χ1v) is 10.3. The number of benzene rings is 3. The average molecular weight is 415 g/mol. The third-order valence-electron chi connectivity index (χ3n) is 4.59. The predicted molar refractivity (Wildman–Crippen MR) is 119 cm³/mol. The van der Waals surface area contributed by atoms with E-state index < -0.39 is 0 Å². The smallest absolute Gasteiger partial charge is 0.336 e. The molecule has 0 atom stereocenters. The molecule has 0 amide bonds. The molecule has 0 spiro atoms. The molecule has 0 bridgehead atoms. The topological polar surface area (TPSA) is 61.6 Å². The maximum absolute atomic E-state index is 11.4. The number of para-hydroxylation sites is 1. The van der Waals surface area contributed by atoms with Crippen LogP contribution < -0.4 is 15.1 Å². The summed E-state index contributed by atoms with van der Waals surface area (Å²) in [6, 6.07) is 24.6. The second-order valence-electron chi connectivity index (χ2n) is 6.67. The molecule has 5 nitrogen and oxygen atoms in total. The molecular formula is C24H17NO4S. The molecule has 5 rings (SSSR count). The summed E-state index contributed by atoms with van der Waals surface area (Å²) in [7, 11) is 0. The Morgan fingerprint density at radius 1 is 0.833 bits per heavy atom. The summed E-state index contributed by atoms with van der Waals surface area (Å²) in [6.45, 7) is 0.758. The Kier molecular flexibility index (Phi) is 4.91. The zero-order chi connectivity index (χ0) is 20.3. The molecule has 0 aliphatic heterocycles. The van der Waals surface area contributed by atoms with Crippen LogP contribution in [0.2, 0.25) is 0 Å². The highest BCUT2D eigenvalue weighted by molar-refractivity contribution is 7.21. The lowest BCUT2D eigenvalue weighted by atomic mass is 10.2. The summed E-state index contributed by atoms with van der Waals surface area (Å²) in [5, 5.41) is 1.82. The second-order valence-corrected chi connectivity index (χ2v) is 7.70. The SMILES string of the molecule is O=c1ccc2ccc(OCCOc3cccc(-c4nc5ccccc5s4)c3)cc2o1. The Balaban J connectivity index is 1.23. The minimum atomic E-state index is -0.379. The van der Waals surface area contributed by atoms with Gasteiger partial charge in [-0.05, 0) is 42.5 Å². The molecule has 2 heterocycles. The van der Waals surface area contributed by atoms with E-state index in [0.717, 1.165) is 27.2 Å². The number of fused-ring (bicyclic) bond motifs is 2. The van der Waals surface area contributed by atoms with Crippen LogP contribution in [0.3, 0.4) is 0 Å². The fourth-order valence-electron chi connectivity index (χ4n) is 3.16. The molecule has 0 saturated heterocycles. The Labute approximate surface area is 176 Å². The van der Waals surface area contributed by atoms with Gasteiger partial charge in [0.1, 0.15) is 35.3 Å². The lowest BCUT2D eigenvalue weighted by Crippen LogP contribution is -2.09. The van der Waals surface area contributed by atoms with E-state index in [1.54, 1.807) is 23.5 Å². The third-order valence-corrected chi connectivity index (χ3v) is 5.68. The van der Waals surface area contributed by atoms with Gasteiger partial charge >= 0.3 is 5.63 Å². The van der Waals surface area contributed by atoms with Gasteiger partial charge in [0, 0.05) is 23.1 Å². The van der Waals surface area contributed by atoms with Crippen LogP contribution in [0.1, 0.15) is 0 Å². The van der Waals surface area contributed by atoms with E-state index >= 15 is 0 Å². The first kappa shape index (κ1) is 18.4. The van der Waals surface area contributed by atoms with Gasteiger partial charge in [-0.15, -0.1) is 11.3 Å². The van der Waals surface area contributed by atoms with Crippen molar-refractivity contribution in [1.82, 2.24) is 4.98 Å². The standard InChI is InChI=1S/C24H17NO4S/c26-23-11-9-16-8-10-19(15-21(16)29-23)28-13-12-27-18-5-3-4-17(14-18)24-25-20-6-1-2-7-22(20)30-24/h1-11,14-15H,12-13H2. The maximum atomic E-state index is 11.4. The Morgan fingerprint density at radius 3 is 2.50 bits per heavy atom. The molecule has 0 saturated carbocycles. The Morgan fingerprint density at radius 2 is 1.63 bits per heavy atom. The van der Waals surface area contributed by atoms with Crippen molar-refractivity contribution in [2.75, 3.05) is 13.2 Å². The summed E-state index contributed by atoms with van der Waals surface area (Å²) in [5.74, 6) is 1.39. The van der Waals surface area contributed by atoms with E-state index in [2.05, 4.69) is 6.07 Å². The van der Waals surface area contributed by atoms with Crippen LogP contribution in [0, 0.1) is 0 Å². The van der Waals surface area contributed by atoms with Crippen molar-refractivity contribution in [1.29, 1.82) is 0 Å². The van der Waals surface area contributed by atoms with Gasteiger partial charge in [-0.1, -0.05) is 24.3 Å². The van der Waals surface area contributed by atoms with Crippen molar-refractivity contribution in [3.63, 3.8) is 0 Å². The van der Waals surface area contributed by atoms with E-state index in [1.807, 2.05) is 54.6 Å². The fourth-order valence-corrected chi connectivity index (χ4v) is 4.13. The zero-order valence-electron chi connectivity index (χ0n) is 15.9. The van der Waals surface area contributed by atoms with Crippen molar-refractivity contribution in [2.45, 2.75) is 0 Å². The van der Waals surface area contributed by atoms with Crippen molar-refractivity contribution in [2.24, 2.45) is 0 Å². The highest BCUT2D eigenvalue weighted by Crippen LogP contribution is 2.31. The van der Waals surface area contributed by atoms with E-state index in [-0.39, 0.29) is 5.63 Å². The predicted octanol–water partition coefficient (Wildman–Crippen LogP) is 5.53. The molecule has 148 valence electrons. The molecule has 0 aliphatic carbocycles. The number of ether oxygens (including phenoxy) is 2. The van der Waals surface area contributed by atoms with Crippen LogP contribution in [0.15, 0.2) is 88.1 Å². The normalized spacial score (nSPS) is 11.1. The van der Waals surface area contributed by atoms with Gasteiger partial charge in [0.2, 0.25) is 0 Å². The number of nitrogens with zero attached hydrogens (tertiary/aromatic N) is 1. The van der Waals surface area contributed by atoms with Gasteiger partial charge in [-0.2, -0.15) is 0 Å². The van der Waals surface area contributed by atoms with Crippen molar-refractivity contribution >= 4 is 32.5 Å². The van der Waals surface area contributed by atoms with Gasteiger partial charge in [-0.25, -0.2) is 9.78 Å². The molecule has 5 aromatic rings. The molecule has 0 radical (unpaired) electrons. The number of hydrogen-bond donors (Lipinski definition) is 0. The number of thiazole rings is 1. The monoisotopic (exact) mass is 415 g/mol. The molecule has 0 N–H and O–H groups in total. The molecular weight excluding hydrogens is 398 g/mol. The van der Waals surface area contributed by atoms with Crippen LogP contribution in [0.5, 0.6) is 11.5 Å². The lowest BCUT2D eigenvalue weighted by Gasteiger charge is -2.09. The fraction of sp³-hybridized carbons (Fsp3) is 0.0833. The third kappa shape index (κ3) is 3.90. The minimum Gasteiger partial charge on any atom is -0.490 e. The quantitative estimate of drug-likeness (QED) is 0.270. The van der Waals surface area contributed by atoms with Gasteiger partial charge in [0.25, 0.3) is 0 Å². The highest BCUT2D eigenvalue weighted by Gasteiger charge is 2.07. The number of hydrogen-bond acceptors (Lipinski definition) is 6. The van der Waals surface area contributed by atoms with E-state index in [9.17, 15) is 4.79 Å². The number of aromatic nitrogens is 1. The van der Waals surface area contributed by atoms with E-state index in [1.165, 1.54) is 10.8 Å². The summed E-state index contributed by atoms with van der Waals surface area (Å²) < 4.78 is 17.9. The molecule has 3 aromatic carbocycles. The Bertz CT molecular complexity index is 1360. The summed E-state index contributed by atoms with van der Waals surface area (Å²) in [4.78, 5) is 16.1. The molecule has 0 unspecified atom stereocenters. The molecule has 6 heteroatoms. The van der Waals surface area contributed by atoms with E-state index in [0.29, 0.717) is 24.5 Å². The van der Waals surface area contributed by atoms with Crippen molar-refractivity contribution < 1.29 is 13.9 Å². The lowest BCUT2D eigenvalue weighted by molar-refractivity contribution is 0.217. The largest absolute Gasteiger partial charge is 0.490 e. The summed E-state index contributed by atoms with van der Waals surface area (Å²) >= 11 is 1.66. The second kappa shape index (κ2) is 8.00. The zero-order valence-corrected chi connectivity index (χ0v) is 16.7. The van der Waals surface area contributed by atoms with Crippen LogP contribution in [-0.4, -0.2) is 18.2 Å². The first-order chi connectivity index (χ1) is 14.7. The minimum absolute atomic E-state index is 0.369.